The minimum absolute atomic E-state index is 0.0875. The Bertz CT molecular complexity index is 366. The molecule has 15 heavy (non-hydrogen) atoms. The SMILES string of the molecule is CC(C)CCNc1ccc(F)c(C#N)c1. The third kappa shape index (κ3) is 3.59. The Morgan fingerprint density at radius 1 is 1.47 bits per heavy atom. The maximum atomic E-state index is 13.0. The highest BCUT2D eigenvalue weighted by Crippen LogP contribution is 2.14. The molecule has 2 nitrogen and oxygen atoms in total. The van der Waals surface area contributed by atoms with E-state index < -0.39 is 5.82 Å². The van der Waals surface area contributed by atoms with E-state index in [1.165, 1.54) is 12.1 Å². The van der Waals surface area contributed by atoms with Gasteiger partial charge in [0.05, 0.1) is 5.56 Å². The van der Waals surface area contributed by atoms with Gasteiger partial charge in [0.2, 0.25) is 0 Å². The second-order valence-electron chi connectivity index (χ2n) is 3.92. The van der Waals surface area contributed by atoms with Crippen LogP contribution >= 0.6 is 0 Å². The Kier molecular flexibility index (Phi) is 4.11. The van der Waals surface area contributed by atoms with Crippen molar-refractivity contribution in [2.24, 2.45) is 5.92 Å². The number of halogens is 1. The predicted octanol–water partition coefficient (Wildman–Crippen LogP) is 3.16. The van der Waals surface area contributed by atoms with E-state index in [4.69, 9.17) is 5.26 Å². The maximum Gasteiger partial charge on any atom is 0.141 e. The lowest BCUT2D eigenvalue weighted by molar-refractivity contribution is 0.606. The van der Waals surface area contributed by atoms with Gasteiger partial charge < -0.3 is 5.32 Å². The van der Waals surface area contributed by atoms with E-state index in [2.05, 4.69) is 19.2 Å². The lowest BCUT2D eigenvalue weighted by atomic mass is 10.1. The third-order valence-electron chi connectivity index (χ3n) is 2.14. The van der Waals surface area contributed by atoms with Crippen LogP contribution in [0.5, 0.6) is 0 Å². The summed E-state index contributed by atoms with van der Waals surface area (Å²) < 4.78 is 13.0. The normalized spacial score (nSPS) is 10.1. The molecule has 0 fully saturated rings. The Labute approximate surface area is 89.7 Å². The summed E-state index contributed by atoms with van der Waals surface area (Å²) >= 11 is 0. The predicted molar refractivity (Wildman–Crippen MR) is 59.1 cm³/mol. The van der Waals surface area contributed by atoms with Crippen molar-refractivity contribution < 1.29 is 4.39 Å². The molecule has 0 saturated heterocycles. The van der Waals surface area contributed by atoms with Crippen molar-refractivity contribution in [1.82, 2.24) is 0 Å². The van der Waals surface area contributed by atoms with E-state index in [-0.39, 0.29) is 5.56 Å². The standard InChI is InChI=1S/C12H15FN2/c1-9(2)5-6-15-11-3-4-12(13)10(7-11)8-14/h3-4,7,9,15H,5-6H2,1-2H3. The van der Waals surface area contributed by atoms with Crippen molar-refractivity contribution in [3.8, 4) is 6.07 Å². The molecule has 0 bridgehead atoms. The van der Waals surface area contributed by atoms with E-state index in [0.717, 1.165) is 18.7 Å². The van der Waals surface area contributed by atoms with Crippen molar-refractivity contribution in [1.29, 1.82) is 5.26 Å². The summed E-state index contributed by atoms with van der Waals surface area (Å²) in [5.74, 6) is 0.167. The molecule has 0 unspecified atom stereocenters. The number of rotatable bonds is 4. The smallest absolute Gasteiger partial charge is 0.141 e. The fourth-order valence-electron chi connectivity index (χ4n) is 1.23. The Morgan fingerprint density at radius 3 is 2.80 bits per heavy atom. The second kappa shape index (κ2) is 5.35. The number of nitrogens with one attached hydrogen (secondary N) is 1. The van der Waals surface area contributed by atoms with E-state index >= 15 is 0 Å². The first-order chi connectivity index (χ1) is 7.13. The van der Waals surface area contributed by atoms with Crippen molar-refractivity contribution in [3.63, 3.8) is 0 Å². The zero-order valence-corrected chi connectivity index (χ0v) is 9.05. The summed E-state index contributed by atoms with van der Waals surface area (Å²) in [6, 6.07) is 6.32. The van der Waals surface area contributed by atoms with Crippen LogP contribution < -0.4 is 5.32 Å². The van der Waals surface area contributed by atoms with Gasteiger partial charge in [-0.25, -0.2) is 4.39 Å². The summed E-state index contributed by atoms with van der Waals surface area (Å²) in [7, 11) is 0. The molecular weight excluding hydrogens is 191 g/mol. The lowest BCUT2D eigenvalue weighted by Crippen LogP contribution is -2.05. The number of nitriles is 1. The summed E-state index contributed by atoms with van der Waals surface area (Å²) in [4.78, 5) is 0. The maximum absolute atomic E-state index is 13.0. The van der Waals surface area contributed by atoms with Gasteiger partial charge in [0, 0.05) is 12.2 Å². The molecule has 0 heterocycles. The highest BCUT2D eigenvalue weighted by molar-refractivity contribution is 5.49. The molecule has 0 amide bonds. The highest BCUT2D eigenvalue weighted by Gasteiger charge is 2.02. The number of benzene rings is 1. The molecule has 0 aromatic heterocycles. The monoisotopic (exact) mass is 206 g/mol. The van der Waals surface area contributed by atoms with Crippen LogP contribution in [0.1, 0.15) is 25.8 Å². The molecule has 0 saturated carbocycles. The highest BCUT2D eigenvalue weighted by atomic mass is 19.1. The van der Waals surface area contributed by atoms with Gasteiger partial charge in [-0.1, -0.05) is 13.8 Å². The molecule has 0 spiro atoms. The Morgan fingerprint density at radius 2 is 2.20 bits per heavy atom. The number of nitrogens with zero attached hydrogens (tertiary/aromatic N) is 1. The van der Waals surface area contributed by atoms with Crippen LogP contribution in [-0.2, 0) is 0 Å². The van der Waals surface area contributed by atoms with Crippen LogP contribution in [0.3, 0.4) is 0 Å². The number of hydrogen-bond donors (Lipinski definition) is 1. The fraction of sp³-hybridized carbons (Fsp3) is 0.417. The summed E-state index contributed by atoms with van der Waals surface area (Å²) in [6.45, 7) is 5.13. The lowest BCUT2D eigenvalue weighted by Gasteiger charge is -2.08. The summed E-state index contributed by atoms with van der Waals surface area (Å²) in [6.07, 6.45) is 1.05. The molecule has 1 N–H and O–H groups in total. The molecule has 80 valence electrons. The van der Waals surface area contributed by atoms with Gasteiger partial charge in [0.15, 0.2) is 0 Å². The van der Waals surface area contributed by atoms with Crippen LogP contribution in [0, 0.1) is 23.1 Å². The molecule has 0 atom stereocenters. The largest absolute Gasteiger partial charge is 0.385 e. The van der Waals surface area contributed by atoms with Crippen LogP contribution in [0.25, 0.3) is 0 Å². The van der Waals surface area contributed by atoms with Crippen molar-refractivity contribution in [2.45, 2.75) is 20.3 Å². The molecule has 0 aliphatic heterocycles. The van der Waals surface area contributed by atoms with Gasteiger partial charge in [-0.3, -0.25) is 0 Å². The van der Waals surface area contributed by atoms with Gasteiger partial charge in [0.25, 0.3) is 0 Å². The van der Waals surface area contributed by atoms with Crippen LogP contribution in [0.4, 0.5) is 10.1 Å². The van der Waals surface area contributed by atoms with Crippen molar-refractivity contribution >= 4 is 5.69 Å². The number of anilines is 1. The van der Waals surface area contributed by atoms with E-state index in [1.54, 1.807) is 6.07 Å². The second-order valence-corrected chi connectivity index (χ2v) is 3.92. The molecule has 0 radical (unpaired) electrons. The molecule has 1 aromatic carbocycles. The molecular formula is C12H15FN2. The van der Waals surface area contributed by atoms with E-state index in [9.17, 15) is 4.39 Å². The average Bonchev–Trinajstić information content (AvgIpc) is 2.20. The van der Waals surface area contributed by atoms with Crippen molar-refractivity contribution in [2.75, 3.05) is 11.9 Å². The van der Waals surface area contributed by atoms with Gasteiger partial charge >= 0.3 is 0 Å². The summed E-state index contributed by atoms with van der Waals surface area (Å²) in [5, 5.41) is 11.8. The first-order valence-electron chi connectivity index (χ1n) is 5.07. The molecule has 1 aromatic rings. The molecule has 3 heteroatoms. The zero-order chi connectivity index (χ0) is 11.3. The molecule has 0 aliphatic carbocycles. The zero-order valence-electron chi connectivity index (χ0n) is 9.05. The molecule has 1 rings (SSSR count). The van der Waals surface area contributed by atoms with Crippen LogP contribution in [0.2, 0.25) is 0 Å². The Hall–Kier alpha value is -1.56. The van der Waals surface area contributed by atoms with Gasteiger partial charge in [-0.2, -0.15) is 5.26 Å². The number of hydrogen-bond acceptors (Lipinski definition) is 2. The minimum Gasteiger partial charge on any atom is -0.385 e. The van der Waals surface area contributed by atoms with E-state index in [0.29, 0.717) is 5.92 Å². The van der Waals surface area contributed by atoms with Crippen molar-refractivity contribution in [3.05, 3.63) is 29.6 Å². The average molecular weight is 206 g/mol. The van der Waals surface area contributed by atoms with Gasteiger partial charge in [-0.15, -0.1) is 0 Å². The topological polar surface area (TPSA) is 35.8 Å². The van der Waals surface area contributed by atoms with Gasteiger partial charge in [0.1, 0.15) is 11.9 Å². The van der Waals surface area contributed by atoms with Crippen LogP contribution in [-0.4, -0.2) is 6.54 Å². The quantitative estimate of drug-likeness (QED) is 0.821. The fourth-order valence-corrected chi connectivity index (χ4v) is 1.23. The van der Waals surface area contributed by atoms with E-state index in [1.807, 2.05) is 6.07 Å². The van der Waals surface area contributed by atoms with Crippen LogP contribution in [0.15, 0.2) is 18.2 Å². The summed E-state index contributed by atoms with van der Waals surface area (Å²) in [5.41, 5.74) is 0.887. The third-order valence-corrected chi connectivity index (χ3v) is 2.14. The molecule has 0 aliphatic rings. The first-order valence-corrected chi connectivity index (χ1v) is 5.07. The van der Waals surface area contributed by atoms with Gasteiger partial charge in [-0.05, 0) is 30.5 Å². The Balaban J connectivity index is 2.60. The first kappa shape index (κ1) is 11.5. The minimum atomic E-state index is -0.466.